The van der Waals surface area contributed by atoms with Crippen LogP contribution in [0.2, 0.25) is 0 Å². The summed E-state index contributed by atoms with van der Waals surface area (Å²) in [6.07, 6.45) is 6.45. The summed E-state index contributed by atoms with van der Waals surface area (Å²) in [4.78, 5) is 17.5. The van der Waals surface area contributed by atoms with Gasteiger partial charge in [0.05, 0.1) is 29.6 Å². The first-order chi connectivity index (χ1) is 32.5. The zero-order chi connectivity index (χ0) is 46.0. The highest BCUT2D eigenvalue weighted by atomic mass is 32.1. The van der Waals surface area contributed by atoms with Gasteiger partial charge in [-0.25, -0.2) is 13.8 Å². The number of phenols is 1. The summed E-state index contributed by atoms with van der Waals surface area (Å²) < 4.78 is 40.5. The monoisotopic (exact) mass is 920 g/mol. The van der Waals surface area contributed by atoms with E-state index in [0.29, 0.717) is 76.5 Å². The number of anilines is 2. The summed E-state index contributed by atoms with van der Waals surface area (Å²) in [5, 5.41) is 32.3. The summed E-state index contributed by atoms with van der Waals surface area (Å²) in [7, 11) is 0. The number of nitrogens with zero attached hydrogens (tertiary/aromatic N) is 8. The third-order valence-electron chi connectivity index (χ3n) is 14.7. The molecule has 4 aromatic carbocycles. The van der Waals surface area contributed by atoms with Crippen LogP contribution in [0.3, 0.4) is 0 Å². The number of fused-ring (bicyclic) bond motifs is 4. The van der Waals surface area contributed by atoms with Gasteiger partial charge in [-0.1, -0.05) is 48.5 Å². The molecule has 0 radical (unpaired) electrons. The van der Waals surface area contributed by atoms with Gasteiger partial charge in [-0.3, -0.25) is 14.5 Å². The topological polar surface area (TPSA) is 119 Å². The molecular formula is C53H54F2N8O3S. The van der Waals surface area contributed by atoms with E-state index in [-0.39, 0.29) is 29.3 Å². The summed E-state index contributed by atoms with van der Waals surface area (Å²) in [6.45, 7) is 10.6. The fourth-order valence-electron chi connectivity index (χ4n) is 11.1. The smallest absolute Gasteiger partial charge is 0.196 e. The molecule has 6 heterocycles. The summed E-state index contributed by atoms with van der Waals surface area (Å²) >= 11 is 1.73. The second kappa shape index (κ2) is 17.5. The Labute approximate surface area is 393 Å². The minimum atomic E-state index is -0.852. The summed E-state index contributed by atoms with van der Waals surface area (Å²) in [5.41, 5.74) is 8.06. The predicted molar refractivity (Wildman–Crippen MR) is 257 cm³/mol. The molecule has 3 atom stereocenters. The van der Waals surface area contributed by atoms with Gasteiger partial charge in [0.2, 0.25) is 0 Å². The number of benzene rings is 4. The number of aliphatic hydroxyl groups is 1. The molecule has 2 fully saturated rings. The Bertz CT molecular complexity index is 2950. The van der Waals surface area contributed by atoms with E-state index in [1.54, 1.807) is 35.9 Å². The van der Waals surface area contributed by atoms with E-state index < -0.39 is 17.2 Å². The Morgan fingerprint density at radius 2 is 1.61 bits per heavy atom. The molecule has 11 rings (SSSR count). The second-order valence-corrected chi connectivity index (χ2v) is 20.0. The van der Waals surface area contributed by atoms with E-state index in [9.17, 15) is 10.2 Å². The van der Waals surface area contributed by atoms with Crippen molar-refractivity contribution >= 4 is 28.4 Å². The van der Waals surface area contributed by atoms with Crippen molar-refractivity contribution < 1.29 is 23.4 Å². The molecule has 14 heteroatoms. The molecule has 7 aromatic rings. The van der Waals surface area contributed by atoms with E-state index in [1.807, 2.05) is 36.1 Å². The van der Waals surface area contributed by atoms with Gasteiger partial charge in [0.1, 0.15) is 40.5 Å². The molecule has 2 saturated heterocycles. The van der Waals surface area contributed by atoms with Crippen LogP contribution in [0, 0.1) is 32.4 Å². The van der Waals surface area contributed by atoms with Crippen LogP contribution >= 0.6 is 11.3 Å². The molecule has 4 aliphatic rings. The average Bonchev–Trinajstić information content (AvgIpc) is 4.05. The lowest BCUT2D eigenvalue weighted by Crippen LogP contribution is -2.55. The largest absolute Gasteiger partial charge is 0.508 e. The number of oxazole rings is 1. The van der Waals surface area contributed by atoms with Crippen LogP contribution in [0.1, 0.15) is 98.5 Å². The first-order valence-electron chi connectivity index (χ1n) is 23.4. The summed E-state index contributed by atoms with van der Waals surface area (Å²) in [5.74, 6) is 1.08. The van der Waals surface area contributed by atoms with Gasteiger partial charge in [0.25, 0.3) is 0 Å². The molecule has 0 unspecified atom stereocenters. The third kappa shape index (κ3) is 8.12. The molecule has 11 nitrogen and oxygen atoms in total. The van der Waals surface area contributed by atoms with Crippen LogP contribution < -0.4 is 9.80 Å². The number of piperazine rings is 1. The molecule has 0 spiro atoms. The third-order valence-corrected chi connectivity index (χ3v) is 15.9. The Morgan fingerprint density at radius 1 is 0.836 bits per heavy atom. The van der Waals surface area contributed by atoms with Crippen LogP contribution in [0.25, 0.3) is 5.00 Å². The Hall–Kier alpha value is -6.22. The number of hydrogen-bond acceptors (Lipinski definition) is 11. The second-order valence-electron chi connectivity index (χ2n) is 18.8. The fourth-order valence-corrected chi connectivity index (χ4v) is 12.3. The van der Waals surface area contributed by atoms with Crippen molar-refractivity contribution in [2.24, 2.45) is 4.99 Å². The first kappa shape index (κ1) is 43.4. The van der Waals surface area contributed by atoms with Gasteiger partial charge in [-0.05, 0) is 111 Å². The number of aromatic nitrogens is 4. The van der Waals surface area contributed by atoms with Crippen molar-refractivity contribution in [2.75, 3.05) is 55.6 Å². The highest BCUT2D eigenvalue weighted by molar-refractivity contribution is 7.15. The van der Waals surface area contributed by atoms with E-state index >= 15 is 8.78 Å². The van der Waals surface area contributed by atoms with Crippen molar-refractivity contribution in [3.05, 3.63) is 170 Å². The molecule has 0 saturated carbocycles. The van der Waals surface area contributed by atoms with Crippen molar-refractivity contribution in [2.45, 2.75) is 76.4 Å². The lowest BCUT2D eigenvalue weighted by Gasteiger charge is -2.44. The molecule has 3 aliphatic heterocycles. The minimum Gasteiger partial charge on any atom is -0.508 e. The number of hydrogen-bond donors (Lipinski definition) is 2. The SMILES string of the molecule is Cc1sc2c(c1C)C(c1ccc(N3CCC(O)(CN4CCN(c5cc(F)c([C@@H]6c7ccc(O)cc7CC[C@@H]6c6ccccc6)cc5F)CC4)CC3)cc1)=N[C@@H](Cc1ncco1)c1nnc(C)n1-2. The van der Waals surface area contributed by atoms with Crippen LogP contribution in [0.15, 0.2) is 107 Å². The van der Waals surface area contributed by atoms with Crippen molar-refractivity contribution in [3.63, 3.8) is 0 Å². The van der Waals surface area contributed by atoms with Crippen LogP contribution in [-0.4, -0.2) is 92.0 Å². The zero-order valence-electron chi connectivity index (χ0n) is 38.0. The first-order valence-corrected chi connectivity index (χ1v) is 24.2. The number of aliphatic imine (C=N–C) groups is 1. The highest BCUT2D eigenvalue weighted by Gasteiger charge is 2.38. The molecule has 3 aromatic heterocycles. The molecule has 344 valence electrons. The molecular weight excluding hydrogens is 867 g/mol. The Kier molecular flexibility index (Phi) is 11.3. The number of β-amino-alcohol motifs (C(OH)–C–C–N with tert-alkyl or cyclic N) is 1. The van der Waals surface area contributed by atoms with E-state index in [1.165, 1.54) is 22.6 Å². The lowest BCUT2D eigenvalue weighted by molar-refractivity contribution is -0.0173. The molecule has 1 aliphatic carbocycles. The molecule has 67 heavy (non-hydrogen) atoms. The van der Waals surface area contributed by atoms with Gasteiger partial charge < -0.3 is 24.4 Å². The summed E-state index contributed by atoms with van der Waals surface area (Å²) in [6, 6.07) is 26.4. The Balaban J connectivity index is 0.746. The molecule has 0 amide bonds. The lowest BCUT2D eigenvalue weighted by atomic mass is 9.69. The van der Waals surface area contributed by atoms with E-state index in [2.05, 4.69) is 79.8 Å². The van der Waals surface area contributed by atoms with Gasteiger partial charge in [-0.2, -0.15) is 0 Å². The zero-order valence-corrected chi connectivity index (χ0v) is 38.8. The fraction of sp³-hybridized carbons (Fsp3) is 0.358. The quantitative estimate of drug-likeness (QED) is 0.146. The maximum atomic E-state index is 16.4. The number of halogens is 2. The predicted octanol–water partition coefficient (Wildman–Crippen LogP) is 9.38. The van der Waals surface area contributed by atoms with Gasteiger partial charge >= 0.3 is 0 Å². The highest BCUT2D eigenvalue weighted by Crippen LogP contribution is 2.48. The van der Waals surface area contributed by atoms with E-state index in [4.69, 9.17) is 9.41 Å². The van der Waals surface area contributed by atoms with Crippen LogP contribution in [-0.2, 0) is 12.8 Å². The van der Waals surface area contributed by atoms with Gasteiger partial charge in [0, 0.05) is 79.5 Å². The van der Waals surface area contributed by atoms with Crippen molar-refractivity contribution in [3.8, 4) is 10.8 Å². The number of piperidine rings is 1. The number of rotatable bonds is 9. The van der Waals surface area contributed by atoms with Crippen molar-refractivity contribution in [1.29, 1.82) is 0 Å². The van der Waals surface area contributed by atoms with Crippen LogP contribution in [0.5, 0.6) is 5.75 Å². The molecule has 0 bridgehead atoms. The van der Waals surface area contributed by atoms with Crippen LogP contribution in [0.4, 0.5) is 20.2 Å². The number of phenolic OH excluding ortho intramolecular Hbond substituents is 1. The minimum absolute atomic E-state index is 0.0308. The average molecular weight is 921 g/mol. The van der Waals surface area contributed by atoms with Gasteiger partial charge in [0.15, 0.2) is 11.7 Å². The molecule has 2 N–H and O–H groups in total. The number of aryl methyl sites for hydroxylation is 3. The van der Waals surface area contributed by atoms with Crippen molar-refractivity contribution in [1.82, 2.24) is 24.6 Å². The Morgan fingerprint density at radius 3 is 2.36 bits per heavy atom. The maximum Gasteiger partial charge on any atom is 0.196 e. The van der Waals surface area contributed by atoms with Gasteiger partial charge in [-0.15, -0.1) is 21.5 Å². The normalized spacial score (nSPS) is 20.5. The standard InChI is InChI=1S/C53H54F2N8O3S/c1-32-33(2)67-52-48(32)50(57-45(30-47-56-19-26-66-47)51-59-58-34(3)63(51)52)36-9-12-38(13-10-36)61-20-17-53(65,18-21-61)31-60-22-24-62(25-23-60)46-29-43(54)42(28-44(46)55)49-40(35-7-5-4-6-8-35)15-11-37-27-39(64)14-16-41(37)49/h4-10,12-14,16,19,26-29,40,45,49,64-65H,11,15,17-18,20-25,30-31H2,1-3H3/t40-,45+,49+/m1/s1. The number of aromatic hydroxyl groups is 1. The van der Waals surface area contributed by atoms with E-state index in [0.717, 1.165) is 68.7 Å². The maximum absolute atomic E-state index is 16.4. The number of thiophene rings is 1.